The first-order chi connectivity index (χ1) is 8.68. The van der Waals surface area contributed by atoms with Crippen LogP contribution in [-0.4, -0.2) is 11.7 Å². The fourth-order valence-corrected chi connectivity index (χ4v) is 2.96. The van der Waals surface area contributed by atoms with E-state index in [1.54, 1.807) is 29.5 Å². The highest BCUT2D eigenvalue weighted by Crippen LogP contribution is 2.36. The van der Waals surface area contributed by atoms with Crippen LogP contribution in [0.2, 0.25) is 5.02 Å². The summed E-state index contributed by atoms with van der Waals surface area (Å²) in [6.07, 6.45) is 0. The number of benzene rings is 1. The molecule has 0 spiro atoms. The first-order valence-electron chi connectivity index (χ1n) is 5.34. The molecule has 1 aliphatic rings. The zero-order valence-electron chi connectivity index (χ0n) is 9.22. The Balaban J connectivity index is 2.07. The fraction of sp³-hybridized carbons (Fsp3) is 0.0769. The zero-order chi connectivity index (χ0) is 12.7. The molecule has 1 amide bonds. The molecule has 0 N–H and O–H groups in total. The molecule has 3 nitrogen and oxygen atoms in total. The Morgan fingerprint density at radius 1 is 1.22 bits per heavy atom. The Morgan fingerprint density at radius 2 is 2.06 bits per heavy atom. The van der Waals surface area contributed by atoms with Crippen molar-refractivity contribution in [2.75, 3.05) is 4.90 Å². The molecule has 90 valence electrons. The fourth-order valence-electron chi connectivity index (χ4n) is 2.03. The van der Waals surface area contributed by atoms with Crippen molar-refractivity contribution in [1.29, 1.82) is 0 Å². The number of thiophene rings is 1. The molecule has 0 unspecified atom stereocenters. The van der Waals surface area contributed by atoms with Gasteiger partial charge in [0.25, 0.3) is 11.7 Å². The van der Waals surface area contributed by atoms with E-state index in [0.29, 0.717) is 22.8 Å². The van der Waals surface area contributed by atoms with Gasteiger partial charge in [-0.3, -0.25) is 14.5 Å². The first-order valence-corrected chi connectivity index (χ1v) is 6.66. The summed E-state index contributed by atoms with van der Waals surface area (Å²) in [5.41, 5.74) is 1.91. The number of Topliss-reactive ketones (excluding diaryl/α,β-unsaturated/α-hetero) is 1. The molecule has 2 heterocycles. The number of hydrogen-bond acceptors (Lipinski definition) is 3. The van der Waals surface area contributed by atoms with Gasteiger partial charge in [0.1, 0.15) is 0 Å². The SMILES string of the molecule is O=C1C(=O)N(Cc2ccsc2)c2c(Cl)cccc21. The molecule has 0 radical (unpaired) electrons. The lowest BCUT2D eigenvalue weighted by atomic mass is 10.1. The van der Waals surface area contributed by atoms with Crippen LogP contribution < -0.4 is 4.90 Å². The van der Waals surface area contributed by atoms with Gasteiger partial charge in [-0.05, 0) is 34.5 Å². The Bertz CT molecular complexity index is 636. The molecule has 0 aliphatic carbocycles. The molecule has 1 aromatic heterocycles. The van der Waals surface area contributed by atoms with E-state index in [0.717, 1.165) is 5.56 Å². The predicted octanol–water partition coefficient (Wildman–Crippen LogP) is 3.13. The van der Waals surface area contributed by atoms with Crippen LogP contribution >= 0.6 is 22.9 Å². The average molecular weight is 278 g/mol. The lowest BCUT2D eigenvalue weighted by Gasteiger charge is -2.16. The van der Waals surface area contributed by atoms with Crippen molar-refractivity contribution in [3.63, 3.8) is 0 Å². The van der Waals surface area contributed by atoms with E-state index < -0.39 is 11.7 Å². The van der Waals surface area contributed by atoms with Crippen molar-refractivity contribution in [2.24, 2.45) is 0 Å². The minimum Gasteiger partial charge on any atom is -0.299 e. The molecule has 0 saturated heterocycles. The van der Waals surface area contributed by atoms with Gasteiger partial charge in [-0.1, -0.05) is 17.7 Å². The van der Waals surface area contributed by atoms with Gasteiger partial charge >= 0.3 is 0 Å². The van der Waals surface area contributed by atoms with Crippen LogP contribution in [0.15, 0.2) is 35.0 Å². The van der Waals surface area contributed by atoms with E-state index in [9.17, 15) is 9.59 Å². The van der Waals surface area contributed by atoms with Crippen molar-refractivity contribution < 1.29 is 9.59 Å². The smallest absolute Gasteiger partial charge is 0.299 e. The highest BCUT2D eigenvalue weighted by Gasteiger charge is 2.37. The number of carbonyl (C=O) groups is 2. The van der Waals surface area contributed by atoms with Crippen molar-refractivity contribution in [3.05, 3.63) is 51.2 Å². The van der Waals surface area contributed by atoms with E-state index in [1.807, 2.05) is 16.8 Å². The molecule has 0 bridgehead atoms. The minimum absolute atomic E-state index is 0.380. The standard InChI is InChI=1S/C13H8ClNO2S/c14-10-3-1-2-9-11(10)15(13(17)12(9)16)6-8-4-5-18-7-8/h1-5,7H,6H2. The van der Waals surface area contributed by atoms with E-state index in [-0.39, 0.29) is 0 Å². The first kappa shape index (κ1) is 11.4. The van der Waals surface area contributed by atoms with Gasteiger partial charge in [0.2, 0.25) is 0 Å². The average Bonchev–Trinajstić information content (AvgIpc) is 2.94. The molecular weight excluding hydrogens is 270 g/mol. The van der Waals surface area contributed by atoms with Crippen molar-refractivity contribution in [3.8, 4) is 0 Å². The third-order valence-electron chi connectivity index (χ3n) is 2.86. The number of anilines is 1. The van der Waals surface area contributed by atoms with Crippen molar-refractivity contribution in [2.45, 2.75) is 6.54 Å². The summed E-state index contributed by atoms with van der Waals surface area (Å²) in [4.78, 5) is 25.2. The maximum absolute atomic E-state index is 12.0. The normalized spacial score (nSPS) is 14.2. The van der Waals surface area contributed by atoms with Crippen molar-refractivity contribution >= 4 is 40.3 Å². The number of hydrogen-bond donors (Lipinski definition) is 0. The zero-order valence-corrected chi connectivity index (χ0v) is 10.8. The summed E-state index contributed by atoms with van der Waals surface area (Å²) in [7, 11) is 0. The van der Waals surface area contributed by atoms with Crippen LogP contribution in [0.25, 0.3) is 0 Å². The molecule has 1 aromatic carbocycles. The van der Waals surface area contributed by atoms with Gasteiger partial charge in [-0.2, -0.15) is 11.3 Å². The number of nitrogens with zero attached hydrogens (tertiary/aromatic N) is 1. The maximum Gasteiger partial charge on any atom is 0.299 e. The largest absolute Gasteiger partial charge is 0.299 e. The second-order valence-electron chi connectivity index (χ2n) is 3.99. The number of carbonyl (C=O) groups excluding carboxylic acids is 2. The Kier molecular flexibility index (Phi) is 2.69. The number of halogens is 1. The molecule has 3 rings (SSSR count). The van der Waals surface area contributed by atoms with E-state index in [4.69, 9.17) is 11.6 Å². The second-order valence-corrected chi connectivity index (χ2v) is 5.18. The highest BCUT2D eigenvalue weighted by molar-refractivity contribution is 7.07. The Labute approximate surface area is 113 Å². The number of fused-ring (bicyclic) bond motifs is 1. The van der Waals surface area contributed by atoms with Gasteiger partial charge in [0.15, 0.2) is 0 Å². The topological polar surface area (TPSA) is 37.4 Å². The van der Waals surface area contributed by atoms with Crippen molar-refractivity contribution in [1.82, 2.24) is 0 Å². The van der Waals surface area contributed by atoms with E-state index in [2.05, 4.69) is 0 Å². The molecule has 18 heavy (non-hydrogen) atoms. The summed E-state index contributed by atoms with van der Waals surface area (Å²) in [6, 6.07) is 6.93. The quantitative estimate of drug-likeness (QED) is 0.791. The third kappa shape index (κ3) is 1.65. The monoisotopic (exact) mass is 277 g/mol. The van der Waals surface area contributed by atoms with Crippen LogP contribution in [0, 0.1) is 0 Å². The molecule has 2 aromatic rings. The number of rotatable bonds is 2. The van der Waals surface area contributed by atoms with Crippen LogP contribution in [-0.2, 0) is 11.3 Å². The summed E-state index contributed by atoms with van der Waals surface area (Å²) < 4.78 is 0. The summed E-state index contributed by atoms with van der Waals surface area (Å²) >= 11 is 7.65. The maximum atomic E-state index is 12.0. The van der Waals surface area contributed by atoms with Crippen LogP contribution in [0.4, 0.5) is 5.69 Å². The van der Waals surface area contributed by atoms with Crippen LogP contribution in [0.1, 0.15) is 15.9 Å². The molecular formula is C13H8ClNO2S. The number of para-hydroxylation sites is 1. The molecule has 1 aliphatic heterocycles. The Morgan fingerprint density at radius 3 is 2.78 bits per heavy atom. The highest BCUT2D eigenvalue weighted by atomic mass is 35.5. The van der Waals surface area contributed by atoms with E-state index in [1.165, 1.54) is 4.90 Å². The lowest BCUT2D eigenvalue weighted by Crippen LogP contribution is -2.29. The molecule has 0 fully saturated rings. The lowest BCUT2D eigenvalue weighted by molar-refractivity contribution is -0.114. The number of amides is 1. The second kappa shape index (κ2) is 4.23. The van der Waals surface area contributed by atoms with Gasteiger partial charge in [0, 0.05) is 0 Å². The predicted molar refractivity (Wildman–Crippen MR) is 71.3 cm³/mol. The van der Waals surface area contributed by atoms with Crippen LogP contribution in [0.3, 0.4) is 0 Å². The molecule has 0 saturated carbocycles. The van der Waals surface area contributed by atoms with Gasteiger partial charge in [-0.25, -0.2) is 0 Å². The summed E-state index contributed by atoms with van der Waals surface area (Å²) in [5.74, 6) is -0.993. The summed E-state index contributed by atoms with van der Waals surface area (Å²) in [5, 5.41) is 4.32. The molecule has 0 atom stereocenters. The molecule has 5 heteroatoms. The minimum atomic E-state index is -0.510. The van der Waals surface area contributed by atoms with Crippen LogP contribution in [0.5, 0.6) is 0 Å². The third-order valence-corrected chi connectivity index (χ3v) is 3.90. The van der Waals surface area contributed by atoms with Gasteiger partial charge < -0.3 is 0 Å². The van der Waals surface area contributed by atoms with E-state index >= 15 is 0 Å². The number of ketones is 1. The summed E-state index contributed by atoms with van der Waals surface area (Å²) in [6.45, 7) is 0.380. The Hall–Kier alpha value is -1.65. The van der Waals surface area contributed by atoms with Gasteiger partial charge in [-0.15, -0.1) is 0 Å². The van der Waals surface area contributed by atoms with Gasteiger partial charge in [0.05, 0.1) is 22.8 Å².